The molecule has 164 valence electrons. The van der Waals surface area contributed by atoms with Crippen molar-refractivity contribution in [1.82, 2.24) is 4.90 Å². The lowest BCUT2D eigenvalue weighted by atomic mass is 10.1. The molecule has 0 radical (unpaired) electrons. The van der Waals surface area contributed by atoms with Gasteiger partial charge in [-0.15, -0.1) is 23.1 Å². The smallest absolute Gasteiger partial charge is 0.264 e. The van der Waals surface area contributed by atoms with E-state index >= 15 is 0 Å². The van der Waals surface area contributed by atoms with Crippen LogP contribution in [0.15, 0.2) is 65.6 Å². The maximum atomic E-state index is 13.4. The largest absolute Gasteiger partial charge is 0.338 e. The first-order valence-corrected chi connectivity index (χ1v) is 12.1. The van der Waals surface area contributed by atoms with E-state index in [0.29, 0.717) is 34.1 Å². The zero-order valence-electron chi connectivity index (χ0n) is 18.3. The van der Waals surface area contributed by atoms with Crippen LogP contribution in [0.25, 0.3) is 0 Å². The van der Waals surface area contributed by atoms with E-state index in [-0.39, 0.29) is 11.8 Å². The molecule has 0 aliphatic carbocycles. The quantitative estimate of drug-likeness (QED) is 0.423. The number of hydrogen-bond donors (Lipinski definition) is 1. The van der Waals surface area contributed by atoms with Crippen molar-refractivity contribution < 1.29 is 9.59 Å². The van der Waals surface area contributed by atoms with E-state index in [9.17, 15) is 14.9 Å². The molecule has 0 saturated carbocycles. The molecule has 0 aliphatic rings. The van der Waals surface area contributed by atoms with Gasteiger partial charge in [0.25, 0.3) is 5.91 Å². The average molecular weight is 464 g/mol. The van der Waals surface area contributed by atoms with E-state index in [1.165, 1.54) is 23.1 Å². The molecule has 0 fully saturated rings. The summed E-state index contributed by atoms with van der Waals surface area (Å²) < 4.78 is 0. The molecule has 1 N–H and O–H groups in total. The molecular weight excluding hydrogens is 438 g/mol. The summed E-state index contributed by atoms with van der Waals surface area (Å²) >= 11 is 2.62. The highest BCUT2D eigenvalue weighted by atomic mass is 32.2. The summed E-state index contributed by atoms with van der Waals surface area (Å²) in [5, 5.41) is 12.6. The van der Waals surface area contributed by atoms with Crippen molar-refractivity contribution in [1.29, 1.82) is 5.26 Å². The van der Waals surface area contributed by atoms with Gasteiger partial charge in [-0.25, -0.2) is 0 Å². The third-order valence-corrected chi connectivity index (χ3v) is 7.54. The molecule has 5 nitrogen and oxygen atoms in total. The van der Waals surface area contributed by atoms with Crippen molar-refractivity contribution in [3.63, 3.8) is 0 Å². The second-order valence-corrected chi connectivity index (χ2v) is 9.26. The summed E-state index contributed by atoms with van der Waals surface area (Å²) in [5.41, 5.74) is 1.82. The van der Waals surface area contributed by atoms with E-state index < -0.39 is 5.25 Å². The van der Waals surface area contributed by atoms with E-state index in [2.05, 4.69) is 11.4 Å². The number of nitrogens with one attached hydrogen (secondary N) is 1. The van der Waals surface area contributed by atoms with Crippen LogP contribution in [0.1, 0.15) is 45.5 Å². The van der Waals surface area contributed by atoms with Crippen LogP contribution in [0.5, 0.6) is 0 Å². The highest BCUT2D eigenvalue weighted by Crippen LogP contribution is 2.38. The number of nitrogens with zero attached hydrogens (tertiary/aromatic N) is 2. The fraction of sp³-hybridized carbons (Fsp3) is 0.240. The van der Waals surface area contributed by atoms with Gasteiger partial charge in [0.05, 0.1) is 10.4 Å². The molecule has 0 aliphatic heterocycles. The summed E-state index contributed by atoms with van der Waals surface area (Å²) in [6, 6.07) is 21.4. The van der Waals surface area contributed by atoms with Crippen LogP contribution in [0.4, 0.5) is 5.00 Å². The van der Waals surface area contributed by atoms with Crippen molar-refractivity contribution in [2.75, 3.05) is 18.4 Å². The Labute approximate surface area is 197 Å². The third-order valence-electron chi connectivity index (χ3n) is 5.08. The highest BCUT2D eigenvalue weighted by Gasteiger charge is 2.27. The summed E-state index contributed by atoms with van der Waals surface area (Å²) in [6.45, 7) is 6.77. The third kappa shape index (κ3) is 5.21. The number of carbonyl (C=O) groups excluding carboxylic acids is 2. The van der Waals surface area contributed by atoms with Crippen molar-refractivity contribution in [3.05, 3.63) is 82.2 Å². The predicted molar refractivity (Wildman–Crippen MR) is 131 cm³/mol. The first kappa shape index (κ1) is 23.6. The predicted octanol–water partition coefficient (Wildman–Crippen LogP) is 5.88. The number of hydrogen-bond acceptors (Lipinski definition) is 5. The molecule has 0 spiro atoms. The number of nitriles is 1. The number of amides is 2. The minimum Gasteiger partial charge on any atom is -0.338 e. The fourth-order valence-electron chi connectivity index (χ4n) is 3.31. The normalized spacial score (nSPS) is 11.4. The number of thioether (sulfide) groups is 1. The Balaban J connectivity index is 1.93. The van der Waals surface area contributed by atoms with Crippen LogP contribution in [-0.4, -0.2) is 29.8 Å². The number of anilines is 1. The number of rotatable bonds is 8. The van der Waals surface area contributed by atoms with Crippen molar-refractivity contribution in [3.8, 4) is 6.07 Å². The van der Waals surface area contributed by atoms with Crippen molar-refractivity contribution >= 4 is 39.9 Å². The lowest BCUT2D eigenvalue weighted by Gasteiger charge is -2.18. The Kier molecular flexibility index (Phi) is 8.09. The highest BCUT2D eigenvalue weighted by molar-refractivity contribution is 8.00. The first-order valence-electron chi connectivity index (χ1n) is 10.4. The lowest BCUT2D eigenvalue weighted by Crippen LogP contribution is -2.30. The summed E-state index contributed by atoms with van der Waals surface area (Å²) in [4.78, 5) is 29.5. The van der Waals surface area contributed by atoms with Crippen LogP contribution in [0, 0.1) is 18.3 Å². The Morgan fingerprint density at radius 3 is 2.22 bits per heavy atom. The molecule has 1 atom stereocenters. The lowest BCUT2D eigenvalue weighted by molar-refractivity contribution is -0.115. The van der Waals surface area contributed by atoms with Crippen molar-refractivity contribution in [2.45, 2.75) is 30.9 Å². The Bertz CT molecular complexity index is 1120. The standard InChI is InChI=1S/C25H25N3O2S2/c1-4-28(5-2)25(30)21-17(3)20(16-26)24(32-21)27-23(29)22(18-12-8-6-9-13-18)31-19-14-10-7-11-15-19/h6-15,22H,4-5H2,1-3H3,(H,27,29)/t22-/m1/s1. The Morgan fingerprint density at radius 2 is 1.66 bits per heavy atom. The Morgan fingerprint density at radius 1 is 1.06 bits per heavy atom. The van der Waals surface area contributed by atoms with Gasteiger partial charge in [-0.05, 0) is 44.0 Å². The molecule has 7 heteroatoms. The topological polar surface area (TPSA) is 73.2 Å². The van der Waals surface area contributed by atoms with E-state index in [1.54, 1.807) is 11.8 Å². The molecule has 0 unspecified atom stereocenters. The van der Waals surface area contributed by atoms with Gasteiger partial charge in [-0.1, -0.05) is 48.5 Å². The maximum Gasteiger partial charge on any atom is 0.264 e. The van der Waals surface area contributed by atoms with Crippen LogP contribution < -0.4 is 5.32 Å². The summed E-state index contributed by atoms with van der Waals surface area (Å²) in [5.74, 6) is -0.350. The minimum atomic E-state index is -0.505. The summed E-state index contributed by atoms with van der Waals surface area (Å²) in [7, 11) is 0. The number of thiophene rings is 1. The van der Waals surface area contributed by atoms with Gasteiger partial charge in [0, 0.05) is 18.0 Å². The zero-order chi connectivity index (χ0) is 23.1. The number of benzene rings is 2. The molecular formula is C25H25N3O2S2. The Hall–Kier alpha value is -3.08. The number of carbonyl (C=O) groups is 2. The SMILES string of the molecule is CCN(CC)C(=O)c1sc(NC(=O)[C@H](Sc2ccccc2)c2ccccc2)c(C#N)c1C. The first-order chi connectivity index (χ1) is 15.5. The van der Waals surface area contributed by atoms with E-state index in [4.69, 9.17) is 0 Å². The molecule has 0 bridgehead atoms. The molecule has 2 aromatic carbocycles. The van der Waals surface area contributed by atoms with Gasteiger partial charge in [-0.3, -0.25) is 9.59 Å². The van der Waals surface area contributed by atoms with Crippen LogP contribution >= 0.6 is 23.1 Å². The van der Waals surface area contributed by atoms with Crippen molar-refractivity contribution in [2.24, 2.45) is 0 Å². The van der Waals surface area contributed by atoms with E-state index in [0.717, 1.165) is 10.5 Å². The fourth-order valence-corrected chi connectivity index (χ4v) is 5.48. The molecule has 3 rings (SSSR count). The van der Waals surface area contributed by atoms with Crippen LogP contribution in [0.2, 0.25) is 0 Å². The molecule has 3 aromatic rings. The molecule has 1 aromatic heterocycles. The monoisotopic (exact) mass is 463 g/mol. The van der Waals surface area contributed by atoms with Gasteiger partial charge in [0.1, 0.15) is 16.3 Å². The zero-order valence-corrected chi connectivity index (χ0v) is 19.9. The maximum absolute atomic E-state index is 13.4. The van der Waals surface area contributed by atoms with Crippen LogP contribution in [-0.2, 0) is 4.79 Å². The minimum absolute atomic E-state index is 0.118. The van der Waals surface area contributed by atoms with Gasteiger partial charge < -0.3 is 10.2 Å². The summed E-state index contributed by atoms with van der Waals surface area (Å²) in [6.07, 6.45) is 0. The molecule has 0 saturated heterocycles. The average Bonchev–Trinajstić information content (AvgIpc) is 3.14. The van der Waals surface area contributed by atoms with Gasteiger partial charge in [-0.2, -0.15) is 5.26 Å². The molecule has 1 heterocycles. The van der Waals surface area contributed by atoms with Gasteiger partial charge >= 0.3 is 0 Å². The second kappa shape index (κ2) is 11.0. The second-order valence-electron chi connectivity index (χ2n) is 7.06. The van der Waals surface area contributed by atoms with Gasteiger partial charge in [0.2, 0.25) is 5.91 Å². The van der Waals surface area contributed by atoms with Crippen LogP contribution in [0.3, 0.4) is 0 Å². The molecule has 32 heavy (non-hydrogen) atoms. The molecule has 2 amide bonds. The van der Waals surface area contributed by atoms with E-state index in [1.807, 2.05) is 74.5 Å². The van der Waals surface area contributed by atoms with Gasteiger partial charge in [0.15, 0.2) is 0 Å².